The topological polar surface area (TPSA) is 18.5 Å². The van der Waals surface area contributed by atoms with Gasteiger partial charge in [-0.15, -0.1) is 0 Å². The van der Waals surface area contributed by atoms with Gasteiger partial charge in [0.05, 0.1) is 13.2 Å². The maximum atomic E-state index is 6.36. The lowest BCUT2D eigenvalue weighted by atomic mass is 10.00. The fourth-order valence-electron chi connectivity index (χ4n) is 3.36. The van der Waals surface area contributed by atoms with Crippen molar-refractivity contribution in [1.82, 2.24) is 0 Å². The molecule has 0 saturated heterocycles. The number of hydrogen-bond acceptors (Lipinski definition) is 2. The van der Waals surface area contributed by atoms with Crippen LogP contribution in [0.2, 0.25) is 0 Å². The molecule has 0 aliphatic carbocycles. The van der Waals surface area contributed by atoms with E-state index in [2.05, 4.69) is 74.0 Å². The summed E-state index contributed by atoms with van der Waals surface area (Å²) in [5.41, 5.74) is 1.15. The molecule has 0 amide bonds. The fourth-order valence-corrected chi connectivity index (χ4v) is 4.14. The van der Waals surface area contributed by atoms with E-state index in [9.17, 15) is 0 Å². The van der Waals surface area contributed by atoms with Gasteiger partial charge >= 0.3 is 0 Å². The Morgan fingerprint density at radius 2 is 1.74 bits per heavy atom. The summed E-state index contributed by atoms with van der Waals surface area (Å²) in [7, 11) is 0. The van der Waals surface area contributed by atoms with Crippen molar-refractivity contribution in [2.75, 3.05) is 18.5 Å². The van der Waals surface area contributed by atoms with Crippen LogP contribution in [0, 0.1) is 18.8 Å². The number of benzene rings is 2. The highest BCUT2D eigenvalue weighted by molar-refractivity contribution is 9.09. The lowest BCUT2D eigenvalue weighted by molar-refractivity contribution is 0.233. The molecule has 0 aliphatic rings. The average Bonchev–Trinajstić information content (AvgIpc) is 2.68. The van der Waals surface area contributed by atoms with Gasteiger partial charge in [-0.25, -0.2) is 0 Å². The molecule has 150 valence electrons. The predicted molar refractivity (Wildman–Crippen MR) is 121 cm³/mol. The summed E-state index contributed by atoms with van der Waals surface area (Å²) in [6.07, 6.45) is 6.06. The van der Waals surface area contributed by atoms with Gasteiger partial charge in [-0.2, -0.15) is 0 Å². The molecule has 2 rings (SSSR count). The molecule has 2 aromatic rings. The second-order valence-corrected chi connectivity index (χ2v) is 8.48. The zero-order chi connectivity index (χ0) is 19.6. The predicted octanol–water partition coefficient (Wildman–Crippen LogP) is 7.54. The lowest BCUT2D eigenvalue weighted by Gasteiger charge is -2.20. The molecular formula is C24H35BrO2. The molecule has 0 heterocycles. The van der Waals surface area contributed by atoms with E-state index in [-0.39, 0.29) is 0 Å². The van der Waals surface area contributed by atoms with Crippen LogP contribution in [0.1, 0.15) is 58.4 Å². The van der Waals surface area contributed by atoms with E-state index in [1.54, 1.807) is 0 Å². The third kappa shape index (κ3) is 6.41. The minimum atomic E-state index is 0.531. The highest BCUT2D eigenvalue weighted by Crippen LogP contribution is 2.37. The van der Waals surface area contributed by atoms with Crippen molar-refractivity contribution in [3.63, 3.8) is 0 Å². The summed E-state index contributed by atoms with van der Waals surface area (Å²) >= 11 is 3.52. The summed E-state index contributed by atoms with van der Waals surface area (Å²) in [6, 6.07) is 10.6. The molecule has 0 spiro atoms. The largest absolute Gasteiger partial charge is 0.493 e. The normalized spacial score (nSPS) is 13.5. The first-order valence-electron chi connectivity index (χ1n) is 10.4. The van der Waals surface area contributed by atoms with E-state index in [1.807, 2.05) is 0 Å². The first-order valence-corrected chi connectivity index (χ1v) is 11.6. The SMILES string of the molecule is CCCCC(CC)COc1c(C)cc(OCC(C)CCBr)c2ccccc12. The lowest BCUT2D eigenvalue weighted by Crippen LogP contribution is -2.12. The standard InChI is InChI=1S/C24H35BrO2/c1-5-7-10-20(6-2)17-27-24-19(4)15-23(26-16-18(3)13-14-25)21-11-8-9-12-22(21)24/h8-9,11-12,15,18,20H,5-7,10,13-14,16-17H2,1-4H3. The Labute approximate surface area is 173 Å². The molecule has 0 radical (unpaired) electrons. The maximum absolute atomic E-state index is 6.36. The third-order valence-corrected chi connectivity index (χ3v) is 5.73. The van der Waals surface area contributed by atoms with E-state index in [0.29, 0.717) is 11.8 Å². The summed E-state index contributed by atoms with van der Waals surface area (Å²) < 4.78 is 12.6. The van der Waals surface area contributed by atoms with Crippen molar-refractivity contribution >= 4 is 26.7 Å². The summed E-state index contributed by atoms with van der Waals surface area (Å²) in [5.74, 6) is 3.14. The monoisotopic (exact) mass is 434 g/mol. The molecule has 0 fully saturated rings. The van der Waals surface area contributed by atoms with E-state index < -0.39 is 0 Å². The van der Waals surface area contributed by atoms with Crippen LogP contribution in [0.5, 0.6) is 11.5 Å². The molecule has 2 unspecified atom stereocenters. The highest BCUT2D eigenvalue weighted by atomic mass is 79.9. The zero-order valence-corrected chi connectivity index (χ0v) is 19.0. The number of ether oxygens (including phenoxy) is 2. The first kappa shape index (κ1) is 22.1. The molecule has 0 saturated carbocycles. The van der Waals surface area contributed by atoms with Gasteiger partial charge in [0.15, 0.2) is 0 Å². The molecule has 27 heavy (non-hydrogen) atoms. The Morgan fingerprint density at radius 3 is 2.41 bits per heavy atom. The Morgan fingerprint density at radius 1 is 1.00 bits per heavy atom. The number of alkyl halides is 1. The van der Waals surface area contributed by atoms with Crippen LogP contribution >= 0.6 is 15.9 Å². The first-order chi connectivity index (χ1) is 13.1. The summed E-state index contributed by atoms with van der Waals surface area (Å²) in [4.78, 5) is 0. The Bertz CT molecular complexity index is 698. The fraction of sp³-hybridized carbons (Fsp3) is 0.583. The van der Waals surface area contributed by atoms with Crippen LogP contribution in [-0.2, 0) is 0 Å². The van der Waals surface area contributed by atoms with Crippen LogP contribution in [0.3, 0.4) is 0 Å². The van der Waals surface area contributed by atoms with E-state index in [0.717, 1.165) is 52.8 Å². The van der Waals surface area contributed by atoms with E-state index >= 15 is 0 Å². The van der Waals surface area contributed by atoms with Gasteiger partial charge in [-0.05, 0) is 43.2 Å². The van der Waals surface area contributed by atoms with E-state index in [4.69, 9.17) is 9.47 Å². The van der Waals surface area contributed by atoms with Gasteiger partial charge in [-0.3, -0.25) is 0 Å². The van der Waals surface area contributed by atoms with Crippen molar-refractivity contribution in [3.8, 4) is 11.5 Å². The number of fused-ring (bicyclic) bond motifs is 1. The second kappa shape index (κ2) is 11.6. The van der Waals surface area contributed by atoms with Crippen molar-refractivity contribution in [2.45, 2.75) is 59.8 Å². The minimum absolute atomic E-state index is 0.531. The van der Waals surface area contributed by atoms with Crippen molar-refractivity contribution < 1.29 is 9.47 Å². The quantitative estimate of drug-likeness (QED) is 0.321. The Balaban J connectivity index is 2.20. The minimum Gasteiger partial charge on any atom is -0.493 e. The zero-order valence-electron chi connectivity index (χ0n) is 17.4. The van der Waals surface area contributed by atoms with Crippen molar-refractivity contribution in [1.29, 1.82) is 0 Å². The molecule has 2 nitrogen and oxygen atoms in total. The van der Waals surface area contributed by atoms with Crippen LogP contribution < -0.4 is 9.47 Å². The van der Waals surface area contributed by atoms with Gasteiger partial charge in [0.25, 0.3) is 0 Å². The van der Waals surface area contributed by atoms with E-state index in [1.165, 1.54) is 25.7 Å². The van der Waals surface area contributed by atoms with Gasteiger partial charge in [-0.1, -0.05) is 80.2 Å². The van der Waals surface area contributed by atoms with Crippen molar-refractivity contribution in [3.05, 3.63) is 35.9 Å². The molecule has 2 aromatic carbocycles. The van der Waals surface area contributed by atoms with Gasteiger partial charge in [0, 0.05) is 16.1 Å². The third-order valence-electron chi connectivity index (χ3n) is 5.27. The molecule has 0 N–H and O–H groups in total. The molecule has 2 atom stereocenters. The van der Waals surface area contributed by atoms with Gasteiger partial charge < -0.3 is 9.47 Å². The Hall–Kier alpha value is -1.22. The smallest absolute Gasteiger partial charge is 0.130 e. The maximum Gasteiger partial charge on any atom is 0.130 e. The molecule has 0 bridgehead atoms. The molecule has 3 heteroatoms. The number of halogens is 1. The number of hydrogen-bond donors (Lipinski definition) is 0. The summed E-state index contributed by atoms with van der Waals surface area (Å²) in [5, 5.41) is 3.32. The molecular weight excluding hydrogens is 400 g/mol. The summed E-state index contributed by atoms with van der Waals surface area (Å²) in [6.45, 7) is 10.4. The number of aryl methyl sites for hydroxylation is 1. The van der Waals surface area contributed by atoms with Crippen LogP contribution in [-0.4, -0.2) is 18.5 Å². The highest BCUT2D eigenvalue weighted by Gasteiger charge is 2.15. The second-order valence-electron chi connectivity index (χ2n) is 7.69. The number of unbranched alkanes of at least 4 members (excludes halogenated alkanes) is 1. The molecule has 0 aromatic heterocycles. The number of rotatable bonds is 12. The average molecular weight is 435 g/mol. The van der Waals surface area contributed by atoms with Gasteiger partial charge in [0.2, 0.25) is 0 Å². The van der Waals surface area contributed by atoms with Gasteiger partial charge in [0.1, 0.15) is 11.5 Å². The molecule has 0 aliphatic heterocycles. The van der Waals surface area contributed by atoms with Crippen LogP contribution in [0.25, 0.3) is 10.8 Å². The van der Waals surface area contributed by atoms with Crippen LogP contribution in [0.15, 0.2) is 30.3 Å². The van der Waals surface area contributed by atoms with Crippen LogP contribution in [0.4, 0.5) is 0 Å². The van der Waals surface area contributed by atoms with Crippen molar-refractivity contribution in [2.24, 2.45) is 11.8 Å². The Kier molecular flexibility index (Phi) is 9.47.